The van der Waals surface area contributed by atoms with E-state index in [1.807, 2.05) is 0 Å². The van der Waals surface area contributed by atoms with Crippen LogP contribution in [-0.2, 0) is 0 Å². The van der Waals surface area contributed by atoms with E-state index >= 15 is 0 Å². The van der Waals surface area contributed by atoms with Gasteiger partial charge >= 0.3 is 0 Å². The summed E-state index contributed by atoms with van der Waals surface area (Å²) in [6.45, 7) is 0. The summed E-state index contributed by atoms with van der Waals surface area (Å²) in [4.78, 5) is 14.3. The minimum atomic E-state index is -0.945. The maximum atomic E-state index is 13.7. The number of carbonyl (C=O) groups excluding carboxylic acids is 1. The lowest BCUT2D eigenvalue weighted by Crippen LogP contribution is -2.15. The summed E-state index contributed by atoms with van der Waals surface area (Å²) in [5.41, 5.74) is 12.1. The minimum Gasteiger partial charge on any atom is -0.396 e. The van der Waals surface area contributed by atoms with E-state index in [0.29, 0.717) is 11.1 Å². The Balaban J connectivity index is 2.22. The highest BCUT2D eigenvalue weighted by Gasteiger charge is 2.15. The standard InChI is InChI=1S/C13H9F2N5O/c14-10-2-1-7(12(15)19-10)6-3-9-11(16)8(13(17)21)4-18-20(9)5-6/h1-5H,16H2,(H2,17,21). The molecule has 3 heterocycles. The van der Waals surface area contributed by atoms with Crippen LogP contribution < -0.4 is 11.5 Å². The van der Waals surface area contributed by atoms with Gasteiger partial charge in [0.05, 0.1) is 23.0 Å². The Morgan fingerprint density at radius 1 is 1.29 bits per heavy atom. The maximum Gasteiger partial charge on any atom is 0.252 e. The number of nitrogen functional groups attached to an aromatic ring is 1. The first kappa shape index (κ1) is 13.0. The summed E-state index contributed by atoms with van der Waals surface area (Å²) in [5.74, 6) is -2.56. The lowest BCUT2D eigenvalue weighted by molar-refractivity contribution is 0.100. The van der Waals surface area contributed by atoms with Crippen molar-refractivity contribution in [1.29, 1.82) is 0 Å². The summed E-state index contributed by atoms with van der Waals surface area (Å²) < 4.78 is 27.9. The molecular formula is C13H9F2N5O. The van der Waals surface area contributed by atoms with E-state index in [1.165, 1.54) is 29.0 Å². The zero-order chi connectivity index (χ0) is 15.1. The van der Waals surface area contributed by atoms with Crippen molar-refractivity contribution in [2.45, 2.75) is 0 Å². The van der Waals surface area contributed by atoms with Gasteiger partial charge in [-0.1, -0.05) is 0 Å². The lowest BCUT2D eigenvalue weighted by Gasteiger charge is -2.02. The van der Waals surface area contributed by atoms with Gasteiger partial charge in [0.15, 0.2) is 0 Å². The Bertz CT molecular complexity index is 874. The molecule has 1 amide bonds. The molecule has 0 aliphatic rings. The summed E-state index contributed by atoms with van der Waals surface area (Å²) >= 11 is 0. The molecule has 0 aliphatic heterocycles. The molecule has 6 nitrogen and oxygen atoms in total. The van der Waals surface area contributed by atoms with E-state index < -0.39 is 17.8 Å². The number of aromatic nitrogens is 3. The van der Waals surface area contributed by atoms with Crippen LogP contribution in [0.25, 0.3) is 16.6 Å². The Labute approximate surface area is 117 Å². The van der Waals surface area contributed by atoms with Crippen molar-refractivity contribution in [3.05, 3.63) is 48.1 Å². The number of carbonyl (C=O) groups is 1. The number of pyridine rings is 1. The first-order valence-corrected chi connectivity index (χ1v) is 5.86. The van der Waals surface area contributed by atoms with Crippen molar-refractivity contribution in [3.63, 3.8) is 0 Å². The molecule has 0 saturated carbocycles. The fraction of sp³-hybridized carbons (Fsp3) is 0. The van der Waals surface area contributed by atoms with E-state index in [1.54, 1.807) is 0 Å². The predicted molar refractivity (Wildman–Crippen MR) is 71.3 cm³/mol. The molecule has 0 saturated heterocycles. The third kappa shape index (κ3) is 2.06. The first-order valence-electron chi connectivity index (χ1n) is 5.86. The van der Waals surface area contributed by atoms with Crippen LogP contribution in [-0.4, -0.2) is 20.5 Å². The number of amides is 1. The van der Waals surface area contributed by atoms with Crippen molar-refractivity contribution in [1.82, 2.24) is 14.6 Å². The number of nitrogens with zero attached hydrogens (tertiary/aromatic N) is 3. The highest BCUT2D eigenvalue weighted by Crippen LogP contribution is 2.27. The van der Waals surface area contributed by atoms with Crippen LogP contribution in [0.1, 0.15) is 10.4 Å². The summed E-state index contributed by atoms with van der Waals surface area (Å²) in [6, 6.07) is 3.83. The number of hydrogen-bond donors (Lipinski definition) is 2. The Hall–Kier alpha value is -3.03. The Kier molecular flexibility index (Phi) is 2.79. The normalized spacial score (nSPS) is 11.0. The van der Waals surface area contributed by atoms with Crippen molar-refractivity contribution in [2.75, 3.05) is 5.73 Å². The molecule has 0 aromatic carbocycles. The third-order valence-corrected chi connectivity index (χ3v) is 3.07. The number of nitrogens with two attached hydrogens (primary N) is 2. The average molecular weight is 289 g/mol. The molecule has 0 aliphatic carbocycles. The molecule has 0 atom stereocenters. The molecule has 3 aromatic rings. The van der Waals surface area contributed by atoms with Gasteiger partial charge in [0.2, 0.25) is 11.9 Å². The highest BCUT2D eigenvalue weighted by atomic mass is 19.1. The number of fused-ring (bicyclic) bond motifs is 1. The molecule has 3 aromatic heterocycles. The molecule has 8 heteroatoms. The molecule has 0 fully saturated rings. The molecule has 4 N–H and O–H groups in total. The van der Waals surface area contributed by atoms with Crippen LogP contribution in [0.15, 0.2) is 30.6 Å². The van der Waals surface area contributed by atoms with Gasteiger partial charge in [-0.3, -0.25) is 4.79 Å². The smallest absolute Gasteiger partial charge is 0.252 e. The zero-order valence-electron chi connectivity index (χ0n) is 10.5. The Morgan fingerprint density at radius 3 is 2.71 bits per heavy atom. The van der Waals surface area contributed by atoms with Crippen molar-refractivity contribution in [3.8, 4) is 11.1 Å². The maximum absolute atomic E-state index is 13.7. The lowest BCUT2D eigenvalue weighted by atomic mass is 10.1. The van der Waals surface area contributed by atoms with Crippen LogP contribution in [0.5, 0.6) is 0 Å². The fourth-order valence-corrected chi connectivity index (χ4v) is 2.05. The quantitative estimate of drug-likeness (QED) is 0.696. The van der Waals surface area contributed by atoms with E-state index in [2.05, 4.69) is 10.1 Å². The van der Waals surface area contributed by atoms with Gasteiger partial charge in [0.1, 0.15) is 0 Å². The van der Waals surface area contributed by atoms with Crippen LogP contribution >= 0.6 is 0 Å². The van der Waals surface area contributed by atoms with Gasteiger partial charge < -0.3 is 11.5 Å². The van der Waals surface area contributed by atoms with Gasteiger partial charge in [0, 0.05) is 17.3 Å². The number of rotatable bonds is 2. The Morgan fingerprint density at radius 2 is 2.05 bits per heavy atom. The summed E-state index contributed by atoms with van der Waals surface area (Å²) in [7, 11) is 0. The van der Waals surface area contributed by atoms with Crippen molar-refractivity contribution < 1.29 is 13.6 Å². The third-order valence-electron chi connectivity index (χ3n) is 3.07. The zero-order valence-corrected chi connectivity index (χ0v) is 10.5. The van der Waals surface area contributed by atoms with Gasteiger partial charge in [-0.15, -0.1) is 0 Å². The van der Waals surface area contributed by atoms with Gasteiger partial charge in [-0.25, -0.2) is 4.52 Å². The number of hydrogen-bond acceptors (Lipinski definition) is 4. The van der Waals surface area contributed by atoms with Crippen molar-refractivity contribution in [2.24, 2.45) is 5.73 Å². The minimum absolute atomic E-state index is 0.0739. The predicted octanol–water partition coefficient (Wildman–Crippen LogP) is 1.36. The van der Waals surface area contributed by atoms with Gasteiger partial charge in [-0.2, -0.15) is 18.9 Å². The second-order valence-corrected chi connectivity index (χ2v) is 4.37. The fourth-order valence-electron chi connectivity index (χ4n) is 2.05. The molecule has 0 bridgehead atoms. The van der Waals surface area contributed by atoms with Crippen molar-refractivity contribution >= 4 is 17.1 Å². The number of anilines is 1. The van der Waals surface area contributed by atoms with Crippen LogP contribution in [0.4, 0.5) is 14.5 Å². The van der Waals surface area contributed by atoms with Gasteiger partial charge in [0.25, 0.3) is 5.91 Å². The van der Waals surface area contributed by atoms with Crippen LogP contribution in [0, 0.1) is 11.9 Å². The number of primary amides is 1. The summed E-state index contributed by atoms with van der Waals surface area (Å²) in [5, 5.41) is 3.98. The topological polar surface area (TPSA) is 99.3 Å². The second-order valence-electron chi connectivity index (χ2n) is 4.37. The molecule has 21 heavy (non-hydrogen) atoms. The van der Waals surface area contributed by atoms with E-state index in [-0.39, 0.29) is 16.8 Å². The molecule has 0 radical (unpaired) electrons. The second kappa shape index (κ2) is 4.51. The highest BCUT2D eigenvalue weighted by molar-refractivity contribution is 6.01. The van der Waals surface area contributed by atoms with E-state index in [4.69, 9.17) is 11.5 Å². The van der Waals surface area contributed by atoms with Gasteiger partial charge in [-0.05, 0) is 18.2 Å². The molecule has 0 unspecified atom stereocenters. The number of halogens is 2. The molecule has 106 valence electrons. The van der Waals surface area contributed by atoms with Crippen LogP contribution in [0.3, 0.4) is 0 Å². The molecule has 0 spiro atoms. The summed E-state index contributed by atoms with van der Waals surface area (Å²) in [6.07, 6.45) is 2.72. The van der Waals surface area contributed by atoms with E-state index in [0.717, 1.165) is 6.07 Å². The molecular weight excluding hydrogens is 280 g/mol. The van der Waals surface area contributed by atoms with E-state index in [9.17, 15) is 13.6 Å². The first-order chi connectivity index (χ1) is 9.97. The largest absolute Gasteiger partial charge is 0.396 e. The molecule has 3 rings (SSSR count). The SMILES string of the molecule is NC(=O)c1cnn2cc(-c3ccc(F)nc3F)cc2c1N. The average Bonchev–Trinajstić information content (AvgIpc) is 2.83. The monoisotopic (exact) mass is 289 g/mol. The van der Waals surface area contributed by atoms with Crippen LogP contribution in [0.2, 0.25) is 0 Å².